The van der Waals surface area contributed by atoms with Gasteiger partial charge in [-0.1, -0.05) is 6.92 Å². The van der Waals surface area contributed by atoms with Crippen LogP contribution in [0.5, 0.6) is 0 Å². The summed E-state index contributed by atoms with van der Waals surface area (Å²) in [5, 5.41) is 3.29. The molecule has 0 bridgehead atoms. The monoisotopic (exact) mass is 234 g/mol. The third-order valence-electron chi connectivity index (χ3n) is 3.36. The standard InChI is InChI=1S/C13H22N4/c1-4-7-15-11-9-14-10-12(16-11)17-8-5-6-13(17,2)3/h9-10H,4-8H2,1-3H3,(H,15,16). The van der Waals surface area contributed by atoms with Crippen LogP contribution in [0.15, 0.2) is 12.4 Å². The summed E-state index contributed by atoms with van der Waals surface area (Å²) in [6.07, 6.45) is 7.22. The fourth-order valence-electron chi connectivity index (χ4n) is 2.36. The molecular formula is C13H22N4. The molecule has 4 heteroatoms. The highest BCUT2D eigenvalue weighted by Crippen LogP contribution is 2.32. The second-order valence-corrected chi connectivity index (χ2v) is 5.26. The maximum Gasteiger partial charge on any atom is 0.149 e. The quantitative estimate of drug-likeness (QED) is 0.869. The van der Waals surface area contributed by atoms with Crippen molar-refractivity contribution in [2.75, 3.05) is 23.3 Å². The average molecular weight is 234 g/mol. The van der Waals surface area contributed by atoms with Crippen molar-refractivity contribution in [2.24, 2.45) is 0 Å². The summed E-state index contributed by atoms with van der Waals surface area (Å²) >= 11 is 0. The summed E-state index contributed by atoms with van der Waals surface area (Å²) in [4.78, 5) is 11.3. The third kappa shape index (κ3) is 2.68. The normalized spacial score (nSPS) is 18.4. The smallest absolute Gasteiger partial charge is 0.149 e. The van der Waals surface area contributed by atoms with Gasteiger partial charge >= 0.3 is 0 Å². The molecule has 0 aliphatic carbocycles. The van der Waals surface area contributed by atoms with Gasteiger partial charge in [0.15, 0.2) is 0 Å². The van der Waals surface area contributed by atoms with Crippen LogP contribution in [0.3, 0.4) is 0 Å². The second kappa shape index (κ2) is 4.90. The van der Waals surface area contributed by atoms with Crippen molar-refractivity contribution in [1.29, 1.82) is 0 Å². The first-order valence-corrected chi connectivity index (χ1v) is 6.47. The molecule has 2 heterocycles. The molecule has 0 atom stereocenters. The van der Waals surface area contributed by atoms with Crippen molar-refractivity contribution in [3.05, 3.63) is 12.4 Å². The van der Waals surface area contributed by atoms with E-state index < -0.39 is 0 Å². The Balaban J connectivity index is 2.15. The van der Waals surface area contributed by atoms with Gasteiger partial charge in [0.25, 0.3) is 0 Å². The summed E-state index contributed by atoms with van der Waals surface area (Å²) < 4.78 is 0. The zero-order valence-corrected chi connectivity index (χ0v) is 11.0. The minimum atomic E-state index is 0.206. The summed E-state index contributed by atoms with van der Waals surface area (Å²) in [6.45, 7) is 8.72. The Bertz CT molecular complexity index is 375. The van der Waals surface area contributed by atoms with E-state index in [9.17, 15) is 0 Å². The molecule has 94 valence electrons. The summed E-state index contributed by atoms with van der Waals surface area (Å²) in [5.74, 6) is 1.88. The first kappa shape index (κ1) is 12.1. The van der Waals surface area contributed by atoms with Crippen molar-refractivity contribution in [3.8, 4) is 0 Å². The highest BCUT2D eigenvalue weighted by Gasteiger charge is 2.32. The molecule has 1 N–H and O–H groups in total. The van der Waals surface area contributed by atoms with Crippen LogP contribution >= 0.6 is 0 Å². The minimum Gasteiger partial charge on any atom is -0.369 e. The van der Waals surface area contributed by atoms with E-state index in [1.165, 1.54) is 12.8 Å². The Morgan fingerprint density at radius 2 is 2.24 bits per heavy atom. The van der Waals surface area contributed by atoms with Gasteiger partial charge in [0.1, 0.15) is 11.6 Å². The third-order valence-corrected chi connectivity index (χ3v) is 3.36. The highest BCUT2D eigenvalue weighted by molar-refractivity contribution is 5.46. The average Bonchev–Trinajstić information content (AvgIpc) is 2.67. The maximum atomic E-state index is 4.64. The number of hydrogen-bond acceptors (Lipinski definition) is 4. The van der Waals surface area contributed by atoms with Gasteiger partial charge in [-0.15, -0.1) is 0 Å². The van der Waals surface area contributed by atoms with Crippen molar-refractivity contribution >= 4 is 11.6 Å². The molecule has 4 nitrogen and oxygen atoms in total. The van der Waals surface area contributed by atoms with Crippen LogP contribution in [-0.4, -0.2) is 28.6 Å². The number of nitrogens with zero attached hydrogens (tertiary/aromatic N) is 3. The van der Waals surface area contributed by atoms with Crippen LogP contribution in [-0.2, 0) is 0 Å². The molecule has 17 heavy (non-hydrogen) atoms. The van der Waals surface area contributed by atoms with Gasteiger partial charge in [0.2, 0.25) is 0 Å². The Hall–Kier alpha value is -1.32. The van der Waals surface area contributed by atoms with Crippen molar-refractivity contribution in [1.82, 2.24) is 9.97 Å². The van der Waals surface area contributed by atoms with Crippen molar-refractivity contribution in [3.63, 3.8) is 0 Å². The van der Waals surface area contributed by atoms with E-state index in [0.717, 1.165) is 31.1 Å². The lowest BCUT2D eigenvalue weighted by Crippen LogP contribution is -2.38. The molecule has 1 fully saturated rings. The first-order valence-electron chi connectivity index (χ1n) is 6.47. The van der Waals surface area contributed by atoms with Gasteiger partial charge < -0.3 is 10.2 Å². The van der Waals surface area contributed by atoms with Crippen molar-refractivity contribution in [2.45, 2.75) is 45.6 Å². The summed E-state index contributed by atoms with van der Waals surface area (Å²) in [6, 6.07) is 0. The zero-order chi connectivity index (χ0) is 12.3. The number of anilines is 2. The Morgan fingerprint density at radius 1 is 1.41 bits per heavy atom. The van der Waals surface area contributed by atoms with Gasteiger partial charge in [0, 0.05) is 18.6 Å². The largest absolute Gasteiger partial charge is 0.369 e. The molecular weight excluding hydrogens is 212 g/mol. The van der Waals surface area contributed by atoms with Crippen LogP contribution in [0, 0.1) is 0 Å². The molecule has 1 aliphatic heterocycles. The number of rotatable bonds is 4. The lowest BCUT2D eigenvalue weighted by molar-refractivity contribution is 0.514. The van der Waals surface area contributed by atoms with Gasteiger partial charge in [-0.25, -0.2) is 4.98 Å². The van der Waals surface area contributed by atoms with E-state index in [4.69, 9.17) is 0 Å². The van der Waals surface area contributed by atoms with Gasteiger partial charge in [0.05, 0.1) is 12.4 Å². The predicted molar refractivity (Wildman–Crippen MR) is 71.5 cm³/mol. The van der Waals surface area contributed by atoms with Crippen molar-refractivity contribution < 1.29 is 0 Å². The minimum absolute atomic E-state index is 0.206. The summed E-state index contributed by atoms with van der Waals surface area (Å²) in [7, 11) is 0. The van der Waals surface area contributed by atoms with Gasteiger partial charge in [-0.05, 0) is 33.1 Å². The van der Waals surface area contributed by atoms with Crippen LogP contribution < -0.4 is 10.2 Å². The van der Waals surface area contributed by atoms with Gasteiger partial charge in [-0.2, -0.15) is 0 Å². The number of nitrogens with one attached hydrogen (secondary N) is 1. The van der Waals surface area contributed by atoms with E-state index in [1.54, 1.807) is 6.20 Å². The topological polar surface area (TPSA) is 41.1 Å². The Morgan fingerprint density at radius 3 is 2.88 bits per heavy atom. The molecule has 2 rings (SSSR count). The molecule has 1 saturated heterocycles. The second-order valence-electron chi connectivity index (χ2n) is 5.26. The molecule has 0 amide bonds. The van der Waals surface area contributed by atoms with Gasteiger partial charge in [-0.3, -0.25) is 4.98 Å². The van der Waals surface area contributed by atoms with E-state index in [-0.39, 0.29) is 5.54 Å². The molecule has 0 unspecified atom stereocenters. The van der Waals surface area contributed by atoms with E-state index in [0.29, 0.717) is 0 Å². The van der Waals surface area contributed by atoms with E-state index in [1.807, 2.05) is 6.20 Å². The van der Waals surface area contributed by atoms with Crippen LogP contribution in [0.4, 0.5) is 11.6 Å². The molecule has 0 saturated carbocycles. The van der Waals surface area contributed by atoms with E-state index in [2.05, 4.69) is 41.0 Å². The Labute approximate surface area is 103 Å². The SMILES string of the molecule is CCCNc1cncc(N2CCCC2(C)C)n1. The lowest BCUT2D eigenvalue weighted by atomic mass is 10.0. The lowest BCUT2D eigenvalue weighted by Gasteiger charge is -2.32. The van der Waals surface area contributed by atoms with Crippen LogP contribution in [0.25, 0.3) is 0 Å². The Kier molecular flexibility index (Phi) is 3.50. The molecule has 0 spiro atoms. The van der Waals surface area contributed by atoms with Crippen LogP contribution in [0.2, 0.25) is 0 Å². The molecule has 1 aliphatic rings. The first-order chi connectivity index (χ1) is 8.13. The van der Waals surface area contributed by atoms with Crippen LogP contribution in [0.1, 0.15) is 40.0 Å². The zero-order valence-electron chi connectivity index (χ0n) is 11.0. The maximum absolute atomic E-state index is 4.64. The molecule has 0 radical (unpaired) electrons. The number of hydrogen-bond donors (Lipinski definition) is 1. The predicted octanol–water partition coefficient (Wildman–Crippen LogP) is 2.68. The summed E-state index contributed by atoms with van der Waals surface area (Å²) in [5.41, 5.74) is 0.206. The fourth-order valence-corrected chi connectivity index (χ4v) is 2.36. The highest BCUT2D eigenvalue weighted by atomic mass is 15.3. The molecule has 1 aromatic rings. The van der Waals surface area contributed by atoms with E-state index >= 15 is 0 Å². The fraction of sp³-hybridized carbons (Fsp3) is 0.692. The molecule has 0 aromatic carbocycles. The number of aromatic nitrogens is 2. The molecule has 1 aromatic heterocycles.